The maximum atomic E-state index is 11.1. The number of aryl methyl sites for hydroxylation is 1. The number of hydrogen-bond acceptors (Lipinski definition) is 5. The Morgan fingerprint density at radius 3 is 2.32 bits per heavy atom. The zero-order valence-electron chi connectivity index (χ0n) is 17.7. The molecule has 0 aliphatic carbocycles. The fourth-order valence-corrected chi connectivity index (χ4v) is 3.96. The minimum atomic E-state index is -0.707. The summed E-state index contributed by atoms with van der Waals surface area (Å²) in [4.78, 5) is 22.3. The van der Waals surface area contributed by atoms with Crippen LogP contribution in [0.25, 0.3) is 11.1 Å². The highest BCUT2D eigenvalue weighted by Gasteiger charge is 2.24. The maximum absolute atomic E-state index is 11.1. The molecule has 0 atom stereocenters. The number of carboxylic acids is 1. The van der Waals surface area contributed by atoms with Gasteiger partial charge in [0, 0.05) is 36.5 Å². The zero-order valence-corrected chi connectivity index (χ0v) is 17.7. The van der Waals surface area contributed by atoms with Gasteiger partial charge in [0.1, 0.15) is 11.6 Å². The highest BCUT2D eigenvalue weighted by atomic mass is 16.4. The molecular weight excluding hydrogens is 390 g/mol. The Hall–Kier alpha value is -3.25. The number of rotatable bonds is 6. The number of nitrogens with zero attached hydrogens (tertiary/aromatic N) is 3. The van der Waals surface area contributed by atoms with Crippen molar-refractivity contribution in [3.05, 3.63) is 77.4 Å². The van der Waals surface area contributed by atoms with Gasteiger partial charge in [0.25, 0.3) is 0 Å². The normalized spacial score (nSPS) is 15.1. The molecule has 1 aliphatic heterocycles. The van der Waals surface area contributed by atoms with Crippen molar-refractivity contribution in [2.45, 2.75) is 32.7 Å². The van der Waals surface area contributed by atoms with E-state index in [1.54, 1.807) is 6.07 Å². The third kappa shape index (κ3) is 5.27. The lowest BCUT2D eigenvalue weighted by Crippen LogP contribution is -2.35. The molecule has 31 heavy (non-hydrogen) atoms. The summed E-state index contributed by atoms with van der Waals surface area (Å²) in [6.45, 7) is 4.16. The number of benzene rings is 2. The first kappa shape index (κ1) is 21.0. The summed E-state index contributed by atoms with van der Waals surface area (Å²) in [6, 6.07) is 14.0. The van der Waals surface area contributed by atoms with E-state index in [0.717, 1.165) is 35.3 Å². The first-order valence-corrected chi connectivity index (χ1v) is 10.6. The largest absolute Gasteiger partial charge is 0.508 e. The average molecular weight is 418 g/mol. The number of piperidine rings is 1. The van der Waals surface area contributed by atoms with E-state index in [1.165, 1.54) is 5.56 Å². The van der Waals surface area contributed by atoms with Crippen LogP contribution in [0.3, 0.4) is 0 Å². The third-order valence-corrected chi connectivity index (χ3v) is 5.93. The number of phenols is 1. The number of carboxylic acid groups (broad SMARTS) is 1. The smallest absolute Gasteiger partial charge is 0.306 e. The lowest BCUT2D eigenvalue weighted by atomic mass is 9.96. The van der Waals surface area contributed by atoms with Gasteiger partial charge in [-0.25, -0.2) is 9.97 Å². The molecule has 1 aromatic heterocycles. The van der Waals surface area contributed by atoms with Gasteiger partial charge < -0.3 is 10.2 Å². The molecule has 0 spiro atoms. The number of likely N-dealkylation sites (tertiary alicyclic amines) is 1. The fraction of sp³-hybridized carbons (Fsp3) is 0.320. The van der Waals surface area contributed by atoms with Crippen LogP contribution in [-0.4, -0.2) is 44.1 Å². The number of carbonyl (C=O) groups is 1. The molecular formula is C25H27N3O3. The van der Waals surface area contributed by atoms with E-state index < -0.39 is 5.97 Å². The van der Waals surface area contributed by atoms with E-state index in [-0.39, 0.29) is 11.7 Å². The Morgan fingerprint density at radius 1 is 1.03 bits per heavy atom. The van der Waals surface area contributed by atoms with Crippen molar-refractivity contribution in [1.82, 2.24) is 14.9 Å². The van der Waals surface area contributed by atoms with Crippen LogP contribution < -0.4 is 0 Å². The van der Waals surface area contributed by atoms with Gasteiger partial charge >= 0.3 is 5.97 Å². The molecule has 6 heteroatoms. The Kier molecular flexibility index (Phi) is 6.28. The zero-order chi connectivity index (χ0) is 21.8. The predicted molar refractivity (Wildman–Crippen MR) is 119 cm³/mol. The molecule has 2 aromatic carbocycles. The monoisotopic (exact) mass is 417 g/mol. The summed E-state index contributed by atoms with van der Waals surface area (Å²) in [5.41, 5.74) is 5.09. The highest BCUT2D eigenvalue weighted by Crippen LogP contribution is 2.25. The Labute approximate surface area is 182 Å². The maximum Gasteiger partial charge on any atom is 0.306 e. The molecule has 4 rings (SSSR count). The first-order valence-electron chi connectivity index (χ1n) is 10.6. The molecule has 3 aromatic rings. The Bertz CT molecular complexity index is 1040. The van der Waals surface area contributed by atoms with Gasteiger partial charge in [-0.2, -0.15) is 0 Å². The topological polar surface area (TPSA) is 86.6 Å². The molecule has 1 saturated heterocycles. The molecule has 0 saturated carbocycles. The first-order chi connectivity index (χ1) is 15.0. The van der Waals surface area contributed by atoms with E-state index in [0.29, 0.717) is 31.6 Å². The molecule has 160 valence electrons. The molecule has 6 nitrogen and oxygen atoms in total. The lowest BCUT2D eigenvalue weighted by Gasteiger charge is -2.30. The van der Waals surface area contributed by atoms with Gasteiger partial charge in [0.2, 0.25) is 0 Å². The van der Waals surface area contributed by atoms with Crippen LogP contribution in [0.15, 0.2) is 54.9 Å². The van der Waals surface area contributed by atoms with Crippen molar-refractivity contribution in [2.75, 3.05) is 13.1 Å². The molecule has 1 fully saturated rings. The molecule has 2 heterocycles. The van der Waals surface area contributed by atoms with E-state index in [1.807, 2.05) is 24.5 Å². The standard InChI is InChI=1S/C25H27N3O3/c1-17-2-5-19(6-3-17)22-14-26-24(27-15-22)13-18-4-7-21(23(29)12-18)16-28-10-8-20(9-11-28)25(30)31/h2-7,12,14-15,20,29H,8-11,13,16H2,1H3,(H,30,31). The van der Waals surface area contributed by atoms with E-state index in [4.69, 9.17) is 5.11 Å². The van der Waals surface area contributed by atoms with Crippen LogP contribution in [0.4, 0.5) is 0 Å². The fourth-order valence-electron chi connectivity index (χ4n) is 3.96. The number of aromatic nitrogens is 2. The summed E-state index contributed by atoms with van der Waals surface area (Å²) < 4.78 is 0. The second-order valence-electron chi connectivity index (χ2n) is 8.28. The van der Waals surface area contributed by atoms with Gasteiger partial charge in [0.15, 0.2) is 0 Å². The third-order valence-electron chi connectivity index (χ3n) is 5.93. The van der Waals surface area contributed by atoms with Gasteiger partial charge in [0.05, 0.1) is 5.92 Å². The molecule has 0 radical (unpaired) electrons. The van der Waals surface area contributed by atoms with Crippen LogP contribution in [0.1, 0.15) is 35.4 Å². The Balaban J connectivity index is 1.37. The number of hydrogen-bond donors (Lipinski definition) is 2. The lowest BCUT2D eigenvalue weighted by molar-refractivity contribution is -0.143. The van der Waals surface area contributed by atoms with Gasteiger partial charge in [-0.3, -0.25) is 9.69 Å². The molecule has 0 unspecified atom stereocenters. The van der Waals surface area contributed by atoms with E-state index in [2.05, 4.69) is 46.1 Å². The summed E-state index contributed by atoms with van der Waals surface area (Å²) in [7, 11) is 0. The van der Waals surface area contributed by atoms with Crippen LogP contribution in [0.2, 0.25) is 0 Å². The minimum Gasteiger partial charge on any atom is -0.508 e. The number of aromatic hydroxyl groups is 1. The quantitative estimate of drug-likeness (QED) is 0.629. The van der Waals surface area contributed by atoms with Crippen LogP contribution in [0.5, 0.6) is 5.75 Å². The predicted octanol–water partition coefficient (Wildman–Crippen LogP) is 4.05. The molecule has 2 N–H and O–H groups in total. The van der Waals surface area contributed by atoms with Crippen molar-refractivity contribution in [3.8, 4) is 16.9 Å². The van der Waals surface area contributed by atoms with Crippen molar-refractivity contribution in [2.24, 2.45) is 5.92 Å². The van der Waals surface area contributed by atoms with Crippen molar-refractivity contribution < 1.29 is 15.0 Å². The number of aliphatic carboxylic acids is 1. The van der Waals surface area contributed by atoms with Gasteiger partial charge in [-0.15, -0.1) is 0 Å². The Morgan fingerprint density at radius 2 is 1.71 bits per heavy atom. The minimum absolute atomic E-state index is 0.246. The second kappa shape index (κ2) is 9.27. The van der Waals surface area contributed by atoms with Crippen molar-refractivity contribution in [3.63, 3.8) is 0 Å². The highest BCUT2D eigenvalue weighted by molar-refractivity contribution is 5.70. The van der Waals surface area contributed by atoms with Gasteiger partial charge in [-0.1, -0.05) is 42.0 Å². The van der Waals surface area contributed by atoms with Crippen molar-refractivity contribution in [1.29, 1.82) is 0 Å². The summed E-state index contributed by atoms with van der Waals surface area (Å²) in [5.74, 6) is 0.0125. The molecule has 0 amide bonds. The molecule has 1 aliphatic rings. The van der Waals surface area contributed by atoms with Crippen LogP contribution in [0, 0.1) is 12.8 Å². The van der Waals surface area contributed by atoms with Crippen molar-refractivity contribution >= 4 is 5.97 Å². The van der Waals surface area contributed by atoms with E-state index in [9.17, 15) is 9.90 Å². The summed E-state index contributed by atoms with van der Waals surface area (Å²) in [5, 5.41) is 19.6. The average Bonchev–Trinajstić information content (AvgIpc) is 2.77. The second-order valence-corrected chi connectivity index (χ2v) is 8.28. The SMILES string of the molecule is Cc1ccc(-c2cnc(Cc3ccc(CN4CCC(C(=O)O)CC4)c(O)c3)nc2)cc1. The summed E-state index contributed by atoms with van der Waals surface area (Å²) in [6.07, 6.45) is 5.53. The van der Waals surface area contributed by atoms with Crippen LogP contribution in [-0.2, 0) is 17.8 Å². The van der Waals surface area contributed by atoms with E-state index >= 15 is 0 Å². The van der Waals surface area contributed by atoms with Crippen LogP contribution >= 0.6 is 0 Å². The van der Waals surface area contributed by atoms with Gasteiger partial charge in [-0.05, 0) is 50.0 Å². The number of phenolic OH excluding ortho intramolecular Hbond substituents is 1. The molecule has 0 bridgehead atoms. The summed E-state index contributed by atoms with van der Waals surface area (Å²) >= 11 is 0.